The molecule has 0 radical (unpaired) electrons. The molecule has 1 aliphatic heterocycles. The van der Waals surface area contributed by atoms with Crippen molar-refractivity contribution in [2.75, 3.05) is 0 Å². The van der Waals surface area contributed by atoms with Crippen LogP contribution >= 0.6 is 38.9 Å². The number of rotatable bonds is 3. The van der Waals surface area contributed by atoms with Crippen LogP contribution in [0.5, 0.6) is 0 Å². The summed E-state index contributed by atoms with van der Waals surface area (Å²) in [4.78, 5) is 26.2. The Morgan fingerprint density at radius 3 is 2.70 bits per heavy atom. The predicted octanol–water partition coefficient (Wildman–Crippen LogP) is 3.94. The number of thiophene rings is 1. The van der Waals surface area contributed by atoms with Crippen molar-refractivity contribution in [1.82, 2.24) is 4.90 Å². The second kappa shape index (κ2) is 6.03. The van der Waals surface area contributed by atoms with E-state index in [4.69, 9.17) is 11.6 Å². The lowest BCUT2D eigenvalue weighted by Crippen LogP contribution is -2.48. The third-order valence-corrected chi connectivity index (χ3v) is 6.01. The molecule has 20 heavy (non-hydrogen) atoms. The Balaban J connectivity index is 2.48. The maximum atomic E-state index is 12.2. The summed E-state index contributed by atoms with van der Waals surface area (Å²) in [6.45, 7) is 3.80. The highest BCUT2D eigenvalue weighted by atomic mass is 79.9. The zero-order valence-corrected chi connectivity index (χ0v) is 14.3. The molecule has 0 bridgehead atoms. The van der Waals surface area contributed by atoms with Crippen LogP contribution in [0.15, 0.2) is 10.5 Å². The average molecular weight is 381 g/mol. The maximum absolute atomic E-state index is 12.2. The van der Waals surface area contributed by atoms with Crippen LogP contribution in [0.25, 0.3) is 0 Å². The van der Waals surface area contributed by atoms with Crippen molar-refractivity contribution in [3.63, 3.8) is 0 Å². The molecule has 1 aromatic rings. The van der Waals surface area contributed by atoms with Gasteiger partial charge in [0.05, 0.1) is 12.0 Å². The standard InChI is InChI=1S/C13H15BrClNO3S/c1-6(2)16-10(17)4-3-7(13(18)19)11(16)9-5-8(14)12(15)20-9/h5-7,11H,3-4H2,1-2H3,(H,18,19). The van der Waals surface area contributed by atoms with E-state index in [1.165, 1.54) is 11.3 Å². The van der Waals surface area contributed by atoms with Crippen molar-refractivity contribution in [1.29, 1.82) is 0 Å². The molecular formula is C13H15BrClNO3S. The Hall–Kier alpha value is -0.590. The Kier molecular flexibility index (Phi) is 4.76. The van der Waals surface area contributed by atoms with Gasteiger partial charge in [0.15, 0.2) is 0 Å². The fourth-order valence-corrected chi connectivity index (χ4v) is 4.53. The van der Waals surface area contributed by atoms with E-state index in [2.05, 4.69) is 15.9 Å². The fourth-order valence-electron chi connectivity index (χ4n) is 2.63. The molecule has 1 amide bonds. The second-order valence-corrected chi connectivity index (χ2v) is 7.63. The topological polar surface area (TPSA) is 57.6 Å². The maximum Gasteiger partial charge on any atom is 0.308 e. The molecule has 0 saturated carbocycles. The van der Waals surface area contributed by atoms with Gasteiger partial charge in [-0.2, -0.15) is 0 Å². The second-order valence-electron chi connectivity index (χ2n) is 5.09. The summed E-state index contributed by atoms with van der Waals surface area (Å²) >= 11 is 10.7. The van der Waals surface area contributed by atoms with E-state index in [1.54, 1.807) is 4.90 Å². The van der Waals surface area contributed by atoms with E-state index >= 15 is 0 Å². The van der Waals surface area contributed by atoms with Crippen LogP contribution in [0.1, 0.15) is 37.6 Å². The molecule has 2 heterocycles. The molecule has 1 aromatic heterocycles. The molecule has 2 atom stereocenters. The highest BCUT2D eigenvalue weighted by molar-refractivity contribution is 9.10. The van der Waals surface area contributed by atoms with Gasteiger partial charge < -0.3 is 10.0 Å². The van der Waals surface area contributed by atoms with Gasteiger partial charge in [-0.15, -0.1) is 11.3 Å². The van der Waals surface area contributed by atoms with Gasteiger partial charge in [0.25, 0.3) is 0 Å². The van der Waals surface area contributed by atoms with Crippen molar-refractivity contribution in [3.05, 3.63) is 19.8 Å². The Morgan fingerprint density at radius 2 is 2.25 bits per heavy atom. The van der Waals surface area contributed by atoms with Crippen molar-refractivity contribution < 1.29 is 14.7 Å². The number of hydrogen-bond donors (Lipinski definition) is 1. The Labute approximate surface area is 134 Å². The van der Waals surface area contributed by atoms with E-state index in [9.17, 15) is 14.7 Å². The predicted molar refractivity (Wildman–Crippen MR) is 82.1 cm³/mol. The zero-order chi connectivity index (χ0) is 15.0. The van der Waals surface area contributed by atoms with E-state index in [0.29, 0.717) is 10.8 Å². The number of amides is 1. The molecule has 1 fully saturated rings. The molecule has 7 heteroatoms. The van der Waals surface area contributed by atoms with Crippen LogP contribution in [0.3, 0.4) is 0 Å². The number of halogens is 2. The van der Waals surface area contributed by atoms with Crippen LogP contribution in [0.4, 0.5) is 0 Å². The minimum absolute atomic E-state index is 0.00291. The number of hydrogen-bond acceptors (Lipinski definition) is 3. The van der Waals surface area contributed by atoms with Crippen molar-refractivity contribution in [2.45, 2.75) is 38.8 Å². The molecule has 0 aliphatic carbocycles. The minimum atomic E-state index is -0.867. The summed E-state index contributed by atoms with van der Waals surface area (Å²) in [6.07, 6.45) is 0.654. The van der Waals surface area contributed by atoms with Gasteiger partial charge in [0, 0.05) is 21.8 Å². The smallest absolute Gasteiger partial charge is 0.308 e. The summed E-state index contributed by atoms with van der Waals surface area (Å²) in [7, 11) is 0. The number of aliphatic carboxylic acids is 1. The molecule has 2 rings (SSSR count). The number of carbonyl (C=O) groups is 2. The van der Waals surface area contributed by atoms with E-state index in [1.807, 2.05) is 19.9 Å². The van der Waals surface area contributed by atoms with Crippen LogP contribution in [-0.2, 0) is 9.59 Å². The van der Waals surface area contributed by atoms with Gasteiger partial charge in [-0.3, -0.25) is 9.59 Å². The van der Waals surface area contributed by atoms with Crippen LogP contribution in [0, 0.1) is 5.92 Å². The monoisotopic (exact) mass is 379 g/mol. The molecule has 0 spiro atoms. The van der Waals surface area contributed by atoms with Gasteiger partial charge in [0.2, 0.25) is 5.91 Å². The van der Waals surface area contributed by atoms with Crippen molar-refractivity contribution >= 4 is 50.7 Å². The van der Waals surface area contributed by atoms with Crippen LogP contribution < -0.4 is 0 Å². The summed E-state index contributed by atoms with van der Waals surface area (Å²) in [5, 5.41) is 9.45. The highest BCUT2D eigenvalue weighted by Crippen LogP contribution is 2.44. The molecule has 0 aromatic carbocycles. The Morgan fingerprint density at radius 1 is 1.60 bits per heavy atom. The third-order valence-electron chi connectivity index (χ3n) is 3.47. The normalized spacial score (nSPS) is 23.4. The molecule has 1 saturated heterocycles. The third kappa shape index (κ3) is 2.87. The van der Waals surface area contributed by atoms with Gasteiger partial charge in [0.1, 0.15) is 4.34 Å². The first kappa shape index (κ1) is 15.8. The quantitative estimate of drug-likeness (QED) is 0.864. The lowest BCUT2D eigenvalue weighted by molar-refractivity contribution is -0.153. The fraction of sp³-hybridized carbons (Fsp3) is 0.538. The lowest BCUT2D eigenvalue weighted by atomic mass is 9.87. The average Bonchev–Trinajstić information content (AvgIpc) is 2.68. The zero-order valence-electron chi connectivity index (χ0n) is 11.1. The number of piperidine rings is 1. The van der Waals surface area contributed by atoms with Gasteiger partial charge in [-0.05, 0) is 42.3 Å². The molecule has 4 nitrogen and oxygen atoms in total. The summed E-state index contributed by atoms with van der Waals surface area (Å²) in [5.41, 5.74) is 0. The first-order valence-electron chi connectivity index (χ1n) is 6.31. The van der Waals surface area contributed by atoms with E-state index in [-0.39, 0.29) is 18.4 Å². The van der Waals surface area contributed by atoms with E-state index < -0.39 is 17.9 Å². The summed E-state index contributed by atoms with van der Waals surface area (Å²) in [5.74, 6) is -1.45. The largest absolute Gasteiger partial charge is 0.481 e. The Bertz CT molecular complexity index is 526. The van der Waals surface area contributed by atoms with Gasteiger partial charge in [-0.25, -0.2) is 0 Å². The molecule has 1 aliphatic rings. The molecule has 110 valence electrons. The van der Waals surface area contributed by atoms with Crippen molar-refractivity contribution in [3.8, 4) is 0 Å². The molecule has 1 N–H and O–H groups in total. The SMILES string of the molecule is CC(C)N1C(=O)CCC(C(=O)O)C1c1cc(Br)c(Cl)s1. The number of nitrogens with zero attached hydrogens (tertiary/aromatic N) is 1. The number of likely N-dealkylation sites (tertiary alicyclic amines) is 1. The highest BCUT2D eigenvalue weighted by Gasteiger charge is 2.42. The number of carbonyl (C=O) groups excluding carboxylic acids is 1. The van der Waals surface area contributed by atoms with Gasteiger partial charge >= 0.3 is 5.97 Å². The first-order valence-corrected chi connectivity index (χ1v) is 8.30. The van der Waals surface area contributed by atoms with E-state index in [0.717, 1.165) is 9.35 Å². The van der Waals surface area contributed by atoms with Crippen molar-refractivity contribution in [2.24, 2.45) is 5.92 Å². The summed E-state index contributed by atoms with van der Waals surface area (Å²) < 4.78 is 1.32. The molecule has 2 unspecified atom stereocenters. The lowest BCUT2D eigenvalue weighted by Gasteiger charge is -2.41. The van der Waals surface area contributed by atoms with Crippen LogP contribution in [0.2, 0.25) is 4.34 Å². The first-order chi connectivity index (χ1) is 9.32. The van der Waals surface area contributed by atoms with Gasteiger partial charge in [-0.1, -0.05) is 11.6 Å². The number of carboxylic acids is 1. The van der Waals surface area contributed by atoms with Crippen LogP contribution in [-0.4, -0.2) is 27.9 Å². The number of carboxylic acid groups (broad SMARTS) is 1. The minimum Gasteiger partial charge on any atom is -0.481 e. The molecular weight excluding hydrogens is 366 g/mol. The summed E-state index contributed by atoms with van der Waals surface area (Å²) in [6, 6.07) is 1.33.